The van der Waals surface area contributed by atoms with Crippen LogP contribution < -0.4 is 19.7 Å². The van der Waals surface area contributed by atoms with Crippen molar-refractivity contribution < 1.29 is 18.6 Å². The first kappa shape index (κ1) is 20.9. The van der Waals surface area contributed by atoms with Crippen molar-refractivity contribution in [1.82, 2.24) is 15.3 Å². The zero-order chi connectivity index (χ0) is 22.1. The summed E-state index contributed by atoms with van der Waals surface area (Å²) in [5, 5.41) is 3.83. The summed E-state index contributed by atoms with van der Waals surface area (Å²) in [4.78, 5) is 11.6. The molecule has 0 aliphatic carbocycles. The summed E-state index contributed by atoms with van der Waals surface area (Å²) in [6.45, 7) is 4.67. The number of fused-ring (bicyclic) bond motifs is 2. The first-order chi connectivity index (χ1) is 15.7. The zero-order valence-electron chi connectivity index (χ0n) is 18.3. The summed E-state index contributed by atoms with van der Waals surface area (Å²) >= 11 is 0. The van der Waals surface area contributed by atoms with Crippen LogP contribution in [0.15, 0.2) is 36.5 Å². The molecule has 2 aliphatic heterocycles. The van der Waals surface area contributed by atoms with E-state index in [1.54, 1.807) is 12.3 Å². The Morgan fingerprint density at radius 3 is 2.69 bits per heavy atom. The second-order valence-corrected chi connectivity index (χ2v) is 8.33. The van der Waals surface area contributed by atoms with Gasteiger partial charge < -0.3 is 24.4 Å². The van der Waals surface area contributed by atoms with Crippen LogP contribution >= 0.6 is 0 Å². The number of aromatic nitrogens is 2. The van der Waals surface area contributed by atoms with Gasteiger partial charge in [0.25, 0.3) is 0 Å². The van der Waals surface area contributed by atoms with Gasteiger partial charge in [-0.3, -0.25) is 0 Å². The van der Waals surface area contributed by atoms with Crippen LogP contribution in [0, 0.1) is 17.7 Å². The van der Waals surface area contributed by atoms with Crippen LogP contribution in [0.5, 0.6) is 11.6 Å². The molecule has 7 nitrogen and oxygen atoms in total. The Morgan fingerprint density at radius 1 is 1.19 bits per heavy atom. The molecule has 0 spiro atoms. The molecule has 3 aromatic rings. The van der Waals surface area contributed by atoms with E-state index in [-0.39, 0.29) is 11.6 Å². The predicted octanol–water partition coefficient (Wildman–Crippen LogP) is 3.13. The van der Waals surface area contributed by atoms with Crippen molar-refractivity contribution in [2.75, 3.05) is 58.5 Å². The third kappa shape index (κ3) is 3.96. The highest BCUT2D eigenvalue weighted by atomic mass is 19.1. The van der Waals surface area contributed by atoms with Gasteiger partial charge in [0.15, 0.2) is 11.6 Å². The monoisotopic (exact) mass is 438 g/mol. The maximum Gasteiger partial charge on any atom is 0.213 e. The number of anilines is 1. The number of hydrogen-bond acceptors (Lipinski definition) is 7. The molecule has 2 fully saturated rings. The number of pyridine rings is 2. The van der Waals surface area contributed by atoms with Crippen molar-refractivity contribution in [3.8, 4) is 22.9 Å². The maximum absolute atomic E-state index is 14.6. The van der Waals surface area contributed by atoms with E-state index < -0.39 is 0 Å². The minimum Gasteiger partial charge on any atom is -0.494 e. The van der Waals surface area contributed by atoms with Crippen molar-refractivity contribution in [2.24, 2.45) is 11.8 Å². The minimum atomic E-state index is -0.386. The van der Waals surface area contributed by atoms with Crippen LogP contribution in [0.4, 0.5) is 10.1 Å². The predicted molar refractivity (Wildman–Crippen MR) is 121 cm³/mol. The number of rotatable bonds is 7. The van der Waals surface area contributed by atoms with Gasteiger partial charge in [0.1, 0.15) is 6.61 Å². The van der Waals surface area contributed by atoms with Crippen molar-refractivity contribution >= 4 is 16.6 Å². The molecule has 8 heteroatoms. The standard InChI is InChI=1S/C24H27FN4O3/c1-26-5-6-32-24-4-3-15(10-27-24)20-8-22(29-11-16-13-31-14-17(16)12-29)18-7-19(25)23(30-2)9-21(18)28-20/h3-4,7-10,16-17,26H,5-6,11-14H2,1-2H3. The molecule has 0 radical (unpaired) electrons. The average molecular weight is 439 g/mol. The molecule has 2 aliphatic rings. The van der Waals surface area contributed by atoms with E-state index in [9.17, 15) is 4.39 Å². The molecule has 2 aromatic heterocycles. The molecule has 1 aromatic carbocycles. The molecule has 32 heavy (non-hydrogen) atoms. The van der Waals surface area contributed by atoms with Crippen molar-refractivity contribution in [2.45, 2.75) is 0 Å². The van der Waals surface area contributed by atoms with E-state index in [1.165, 1.54) is 13.2 Å². The van der Waals surface area contributed by atoms with E-state index in [2.05, 4.69) is 15.2 Å². The Bertz CT molecular complexity index is 1100. The van der Waals surface area contributed by atoms with Gasteiger partial charge in [0.05, 0.1) is 31.5 Å². The Morgan fingerprint density at radius 2 is 2.00 bits per heavy atom. The maximum atomic E-state index is 14.6. The lowest BCUT2D eigenvalue weighted by Gasteiger charge is -2.23. The minimum absolute atomic E-state index is 0.186. The lowest BCUT2D eigenvalue weighted by molar-refractivity contribution is 0.177. The fourth-order valence-corrected chi connectivity index (χ4v) is 4.53. The number of nitrogens with zero attached hydrogens (tertiary/aromatic N) is 3. The molecule has 5 rings (SSSR count). The summed E-state index contributed by atoms with van der Waals surface area (Å²) in [5.74, 6) is 1.40. The molecule has 2 unspecified atom stereocenters. The Balaban J connectivity index is 1.53. The molecule has 168 valence electrons. The smallest absolute Gasteiger partial charge is 0.213 e. The van der Waals surface area contributed by atoms with Gasteiger partial charge in [-0.15, -0.1) is 0 Å². The second-order valence-electron chi connectivity index (χ2n) is 8.33. The highest BCUT2D eigenvalue weighted by Gasteiger charge is 2.37. The number of halogens is 1. The van der Waals surface area contributed by atoms with Crippen LogP contribution in [0.25, 0.3) is 22.2 Å². The first-order valence-corrected chi connectivity index (χ1v) is 10.9. The topological polar surface area (TPSA) is 68.7 Å². The molecule has 1 N–H and O–H groups in total. The molecular weight excluding hydrogens is 411 g/mol. The third-order valence-corrected chi connectivity index (χ3v) is 6.28. The van der Waals surface area contributed by atoms with Gasteiger partial charge in [-0.2, -0.15) is 0 Å². The summed E-state index contributed by atoms with van der Waals surface area (Å²) in [6.07, 6.45) is 1.76. The zero-order valence-corrected chi connectivity index (χ0v) is 18.3. The van der Waals surface area contributed by atoms with Gasteiger partial charge in [-0.25, -0.2) is 14.4 Å². The summed E-state index contributed by atoms with van der Waals surface area (Å²) in [6, 6.07) is 9.03. The van der Waals surface area contributed by atoms with Crippen LogP contribution in [-0.2, 0) is 4.74 Å². The number of methoxy groups -OCH3 is 1. The number of benzene rings is 1. The van der Waals surface area contributed by atoms with Gasteiger partial charge >= 0.3 is 0 Å². The Labute approximate surface area is 186 Å². The van der Waals surface area contributed by atoms with Crippen LogP contribution in [0.2, 0.25) is 0 Å². The second kappa shape index (κ2) is 8.88. The Hall–Kier alpha value is -2.97. The van der Waals surface area contributed by atoms with E-state index in [1.807, 2.05) is 25.2 Å². The third-order valence-electron chi connectivity index (χ3n) is 6.28. The fourth-order valence-electron chi connectivity index (χ4n) is 4.53. The van der Waals surface area contributed by atoms with Gasteiger partial charge in [0, 0.05) is 66.4 Å². The molecule has 0 bridgehead atoms. The van der Waals surface area contributed by atoms with E-state index >= 15 is 0 Å². The largest absolute Gasteiger partial charge is 0.494 e. The fraction of sp³-hybridized carbons (Fsp3) is 0.417. The SMILES string of the molecule is CNCCOc1ccc(-c2cc(N3CC4COCC4C3)c3cc(F)c(OC)cc3n2)cn1. The lowest BCUT2D eigenvalue weighted by Crippen LogP contribution is -2.22. The van der Waals surface area contributed by atoms with Crippen molar-refractivity contribution in [1.29, 1.82) is 0 Å². The molecular formula is C24H27FN4O3. The number of hydrogen-bond donors (Lipinski definition) is 1. The quantitative estimate of drug-likeness (QED) is 0.569. The highest BCUT2D eigenvalue weighted by Crippen LogP contribution is 2.39. The lowest BCUT2D eigenvalue weighted by atomic mass is 10.0. The van der Waals surface area contributed by atoms with Crippen molar-refractivity contribution in [3.05, 3.63) is 42.3 Å². The van der Waals surface area contributed by atoms with Crippen LogP contribution in [-0.4, -0.2) is 63.6 Å². The van der Waals surface area contributed by atoms with E-state index in [4.69, 9.17) is 19.2 Å². The van der Waals surface area contributed by atoms with Gasteiger partial charge in [-0.1, -0.05) is 0 Å². The molecule has 0 saturated carbocycles. The van der Waals surface area contributed by atoms with Gasteiger partial charge in [-0.05, 0) is 25.2 Å². The highest BCUT2D eigenvalue weighted by molar-refractivity contribution is 5.95. The summed E-state index contributed by atoms with van der Waals surface area (Å²) in [5.41, 5.74) is 3.33. The Kier molecular flexibility index (Phi) is 5.80. The molecule has 2 atom stereocenters. The molecule has 2 saturated heterocycles. The van der Waals surface area contributed by atoms with Crippen molar-refractivity contribution in [3.63, 3.8) is 0 Å². The normalized spacial score (nSPS) is 20.0. The van der Waals surface area contributed by atoms with Crippen LogP contribution in [0.3, 0.4) is 0 Å². The first-order valence-electron chi connectivity index (χ1n) is 10.9. The summed E-state index contributed by atoms with van der Waals surface area (Å²) < 4.78 is 31.1. The molecule has 4 heterocycles. The van der Waals surface area contributed by atoms with Gasteiger partial charge in [0.2, 0.25) is 5.88 Å². The number of nitrogens with one attached hydrogen (secondary N) is 1. The summed E-state index contributed by atoms with van der Waals surface area (Å²) in [7, 11) is 3.34. The average Bonchev–Trinajstić information content (AvgIpc) is 3.41. The van der Waals surface area contributed by atoms with E-state index in [0.717, 1.165) is 55.2 Å². The van der Waals surface area contributed by atoms with Crippen LogP contribution in [0.1, 0.15) is 0 Å². The number of likely N-dealkylation sites (N-methyl/N-ethyl adjacent to an activating group) is 1. The molecule has 0 amide bonds. The van der Waals surface area contributed by atoms with E-state index in [0.29, 0.717) is 29.8 Å². The number of ether oxygens (including phenoxy) is 3.